The second-order valence-electron chi connectivity index (χ2n) is 4.83. The molecule has 0 saturated heterocycles. The Morgan fingerprint density at radius 1 is 1.37 bits per heavy atom. The van der Waals surface area contributed by atoms with E-state index in [1.807, 2.05) is 26.2 Å². The third-order valence-electron chi connectivity index (χ3n) is 3.34. The molecular weight excluding hydrogens is 238 g/mol. The van der Waals surface area contributed by atoms with Gasteiger partial charge >= 0.3 is 0 Å². The molecule has 1 N–H and O–H groups in total. The molecule has 0 aliphatic carbocycles. The number of hydrogen-bond donors (Lipinski definition) is 1. The lowest BCUT2D eigenvalue weighted by Crippen LogP contribution is -2.26. The smallest absolute Gasteiger partial charge is 0.130 e. The van der Waals surface area contributed by atoms with E-state index in [2.05, 4.69) is 34.8 Å². The predicted octanol–water partition coefficient (Wildman–Crippen LogP) is 3.20. The molecule has 104 valence electrons. The van der Waals surface area contributed by atoms with Crippen molar-refractivity contribution in [3.05, 3.63) is 41.4 Å². The van der Waals surface area contributed by atoms with Crippen molar-refractivity contribution in [1.82, 2.24) is 14.9 Å². The van der Waals surface area contributed by atoms with Crippen LogP contribution >= 0.6 is 0 Å². The summed E-state index contributed by atoms with van der Waals surface area (Å²) < 4.78 is 7.85. The number of aryl methyl sites for hydroxylation is 3. The molecular formula is C15H23N3O. The van der Waals surface area contributed by atoms with Gasteiger partial charge in [-0.2, -0.15) is 0 Å². The lowest BCUT2D eigenvalue weighted by atomic mass is 10.1. The van der Waals surface area contributed by atoms with Crippen molar-refractivity contribution in [2.45, 2.75) is 46.7 Å². The lowest BCUT2D eigenvalue weighted by Gasteiger charge is -2.18. The maximum absolute atomic E-state index is 5.67. The number of hydrogen-bond acceptors (Lipinski definition) is 3. The van der Waals surface area contributed by atoms with Crippen LogP contribution in [-0.4, -0.2) is 16.1 Å². The van der Waals surface area contributed by atoms with Crippen LogP contribution in [0.2, 0.25) is 0 Å². The minimum absolute atomic E-state index is 0.104. The third-order valence-corrected chi connectivity index (χ3v) is 3.34. The first-order chi connectivity index (χ1) is 9.17. The second-order valence-corrected chi connectivity index (χ2v) is 4.83. The highest BCUT2D eigenvalue weighted by Gasteiger charge is 2.22. The van der Waals surface area contributed by atoms with Crippen molar-refractivity contribution in [1.29, 1.82) is 0 Å². The Labute approximate surface area is 114 Å². The van der Waals surface area contributed by atoms with Crippen molar-refractivity contribution in [2.24, 2.45) is 0 Å². The van der Waals surface area contributed by atoms with E-state index in [0.29, 0.717) is 0 Å². The zero-order valence-corrected chi connectivity index (χ0v) is 12.2. The molecule has 2 heterocycles. The number of rotatable bonds is 6. The van der Waals surface area contributed by atoms with Crippen LogP contribution in [0.15, 0.2) is 22.9 Å². The standard InChI is InChI=1S/C15H23N3O/c1-5-7-16-14(13-10-11(3)19-12(13)4)15-17-8-9-18(15)6-2/h8-10,14,16H,5-7H2,1-4H3. The number of nitrogens with one attached hydrogen (secondary N) is 1. The van der Waals surface area contributed by atoms with Crippen molar-refractivity contribution in [3.8, 4) is 0 Å². The number of furan rings is 1. The van der Waals surface area contributed by atoms with Crippen LogP contribution in [0.1, 0.15) is 49.2 Å². The quantitative estimate of drug-likeness (QED) is 0.868. The predicted molar refractivity (Wildman–Crippen MR) is 76.2 cm³/mol. The molecule has 0 spiro atoms. The van der Waals surface area contributed by atoms with Crippen LogP contribution in [-0.2, 0) is 6.54 Å². The van der Waals surface area contributed by atoms with Gasteiger partial charge in [0.05, 0.1) is 6.04 Å². The van der Waals surface area contributed by atoms with E-state index in [-0.39, 0.29) is 6.04 Å². The van der Waals surface area contributed by atoms with Crippen LogP contribution < -0.4 is 5.32 Å². The van der Waals surface area contributed by atoms with Gasteiger partial charge in [0.25, 0.3) is 0 Å². The zero-order valence-electron chi connectivity index (χ0n) is 12.2. The van der Waals surface area contributed by atoms with Crippen molar-refractivity contribution in [3.63, 3.8) is 0 Å². The van der Waals surface area contributed by atoms with E-state index in [4.69, 9.17) is 4.42 Å². The fourth-order valence-electron chi connectivity index (χ4n) is 2.41. The molecule has 2 aromatic heterocycles. The summed E-state index contributed by atoms with van der Waals surface area (Å²) in [4.78, 5) is 4.53. The molecule has 0 radical (unpaired) electrons. The summed E-state index contributed by atoms with van der Waals surface area (Å²) >= 11 is 0. The van der Waals surface area contributed by atoms with Crippen LogP contribution in [0.25, 0.3) is 0 Å². The van der Waals surface area contributed by atoms with E-state index in [0.717, 1.165) is 36.9 Å². The van der Waals surface area contributed by atoms with E-state index in [9.17, 15) is 0 Å². The van der Waals surface area contributed by atoms with Gasteiger partial charge < -0.3 is 14.3 Å². The van der Waals surface area contributed by atoms with Gasteiger partial charge in [-0.1, -0.05) is 6.92 Å². The molecule has 1 unspecified atom stereocenters. The first kappa shape index (κ1) is 13.9. The fraction of sp³-hybridized carbons (Fsp3) is 0.533. The van der Waals surface area contributed by atoms with Gasteiger partial charge in [-0.15, -0.1) is 0 Å². The topological polar surface area (TPSA) is 43.0 Å². The fourth-order valence-corrected chi connectivity index (χ4v) is 2.41. The molecule has 0 bridgehead atoms. The molecule has 0 aromatic carbocycles. The largest absolute Gasteiger partial charge is 0.466 e. The molecule has 0 aliphatic rings. The Balaban J connectivity index is 2.38. The van der Waals surface area contributed by atoms with Crippen LogP contribution in [0.3, 0.4) is 0 Å². The average Bonchev–Trinajstić information content (AvgIpc) is 2.97. The summed E-state index contributed by atoms with van der Waals surface area (Å²) in [5.41, 5.74) is 1.19. The van der Waals surface area contributed by atoms with Crippen molar-refractivity contribution >= 4 is 0 Å². The summed E-state index contributed by atoms with van der Waals surface area (Å²) in [6, 6.07) is 2.21. The Morgan fingerprint density at radius 2 is 2.16 bits per heavy atom. The van der Waals surface area contributed by atoms with Gasteiger partial charge in [0.2, 0.25) is 0 Å². The van der Waals surface area contributed by atoms with Gasteiger partial charge in [0, 0.05) is 24.5 Å². The zero-order chi connectivity index (χ0) is 13.8. The van der Waals surface area contributed by atoms with Gasteiger partial charge in [-0.05, 0) is 39.8 Å². The summed E-state index contributed by atoms with van der Waals surface area (Å²) in [6.45, 7) is 10.2. The normalized spacial score (nSPS) is 12.8. The Morgan fingerprint density at radius 3 is 2.74 bits per heavy atom. The summed E-state index contributed by atoms with van der Waals surface area (Å²) in [7, 11) is 0. The highest BCUT2D eigenvalue weighted by Crippen LogP contribution is 2.26. The van der Waals surface area contributed by atoms with Gasteiger partial charge in [-0.3, -0.25) is 0 Å². The van der Waals surface area contributed by atoms with Gasteiger partial charge in [-0.25, -0.2) is 4.98 Å². The second kappa shape index (κ2) is 6.06. The number of imidazole rings is 1. The highest BCUT2D eigenvalue weighted by molar-refractivity contribution is 5.29. The summed E-state index contributed by atoms with van der Waals surface area (Å²) in [5.74, 6) is 2.97. The number of nitrogens with zero attached hydrogens (tertiary/aromatic N) is 2. The maximum atomic E-state index is 5.67. The van der Waals surface area contributed by atoms with Crippen LogP contribution in [0.4, 0.5) is 0 Å². The maximum Gasteiger partial charge on any atom is 0.130 e. The molecule has 4 heteroatoms. The number of aromatic nitrogens is 2. The monoisotopic (exact) mass is 261 g/mol. The Bertz CT molecular complexity index is 527. The Hall–Kier alpha value is -1.55. The molecule has 2 rings (SSSR count). The van der Waals surface area contributed by atoms with Gasteiger partial charge in [0.15, 0.2) is 0 Å². The van der Waals surface area contributed by atoms with E-state index in [1.165, 1.54) is 5.56 Å². The molecule has 1 atom stereocenters. The molecule has 0 saturated carbocycles. The van der Waals surface area contributed by atoms with Crippen molar-refractivity contribution < 1.29 is 4.42 Å². The highest BCUT2D eigenvalue weighted by atomic mass is 16.3. The summed E-state index contributed by atoms with van der Waals surface area (Å²) in [6.07, 6.45) is 4.99. The summed E-state index contributed by atoms with van der Waals surface area (Å²) in [5, 5.41) is 3.57. The SMILES string of the molecule is CCCNC(c1cc(C)oc1C)c1nccn1CC. The average molecular weight is 261 g/mol. The molecule has 0 fully saturated rings. The minimum atomic E-state index is 0.104. The van der Waals surface area contributed by atoms with E-state index in [1.54, 1.807) is 0 Å². The van der Waals surface area contributed by atoms with Crippen LogP contribution in [0, 0.1) is 13.8 Å². The molecule has 0 amide bonds. The first-order valence-electron chi connectivity index (χ1n) is 6.98. The van der Waals surface area contributed by atoms with Crippen LogP contribution in [0.5, 0.6) is 0 Å². The molecule has 0 aliphatic heterocycles. The third kappa shape index (κ3) is 2.89. The molecule has 4 nitrogen and oxygen atoms in total. The first-order valence-corrected chi connectivity index (χ1v) is 6.98. The van der Waals surface area contributed by atoms with E-state index < -0.39 is 0 Å². The lowest BCUT2D eigenvalue weighted by molar-refractivity contribution is 0.486. The van der Waals surface area contributed by atoms with Gasteiger partial charge in [0.1, 0.15) is 17.3 Å². The minimum Gasteiger partial charge on any atom is -0.466 e. The van der Waals surface area contributed by atoms with Crippen molar-refractivity contribution in [2.75, 3.05) is 6.54 Å². The van der Waals surface area contributed by atoms with E-state index >= 15 is 0 Å². The molecule has 19 heavy (non-hydrogen) atoms. The molecule has 2 aromatic rings. The Kier molecular flexibility index (Phi) is 4.43.